The molecule has 1 N–H and O–H groups in total. The molecule has 0 spiro atoms. The lowest BCUT2D eigenvalue weighted by Crippen LogP contribution is -2.44. The van der Waals surface area contributed by atoms with Crippen molar-refractivity contribution in [2.75, 3.05) is 27.7 Å². The minimum Gasteiger partial charge on any atom is -0.467 e. The van der Waals surface area contributed by atoms with Gasteiger partial charge in [-0.3, -0.25) is 0 Å². The molecule has 19 heavy (non-hydrogen) atoms. The minimum atomic E-state index is -0.667. The van der Waals surface area contributed by atoms with Gasteiger partial charge < -0.3 is 19.7 Å². The maximum absolute atomic E-state index is 11.6. The zero-order valence-electron chi connectivity index (χ0n) is 12.8. The van der Waals surface area contributed by atoms with Crippen LogP contribution in [0.4, 0.5) is 4.79 Å². The normalized spacial score (nSPS) is 13.0. The van der Waals surface area contributed by atoms with E-state index in [0.29, 0.717) is 6.42 Å². The summed E-state index contributed by atoms with van der Waals surface area (Å²) in [5.41, 5.74) is -0.589. The molecular weight excluding hydrogens is 248 g/mol. The maximum atomic E-state index is 11.6. The summed E-state index contributed by atoms with van der Waals surface area (Å²) >= 11 is 0. The first-order valence-electron chi connectivity index (χ1n) is 6.38. The molecule has 0 aromatic carbocycles. The van der Waals surface area contributed by atoms with Crippen LogP contribution in [0.1, 0.15) is 33.6 Å². The van der Waals surface area contributed by atoms with Crippen LogP contribution < -0.4 is 5.32 Å². The third-order valence-electron chi connectivity index (χ3n) is 2.27. The molecule has 0 rings (SSSR count). The molecule has 112 valence electrons. The van der Waals surface area contributed by atoms with E-state index in [4.69, 9.17) is 4.74 Å². The second-order valence-corrected chi connectivity index (χ2v) is 5.67. The van der Waals surface area contributed by atoms with E-state index in [2.05, 4.69) is 10.1 Å². The van der Waals surface area contributed by atoms with Gasteiger partial charge in [0.25, 0.3) is 0 Å². The first kappa shape index (κ1) is 17.7. The van der Waals surface area contributed by atoms with Crippen LogP contribution in [0.5, 0.6) is 0 Å². The van der Waals surface area contributed by atoms with Crippen molar-refractivity contribution in [3.05, 3.63) is 0 Å². The van der Waals surface area contributed by atoms with Gasteiger partial charge in [0.15, 0.2) is 0 Å². The number of methoxy groups -OCH3 is 1. The Morgan fingerprint density at radius 1 is 1.26 bits per heavy atom. The molecule has 0 saturated heterocycles. The van der Waals surface area contributed by atoms with Gasteiger partial charge in [0.2, 0.25) is 0 Å². The van der Waals surface area contributed by atoms with Gasteiger partial charge >= 0.3 is 12.1 Å². The highest BCUT2D eigenvalue weighted by molar-refractivity contribution is 5.81. The summed E-state index contributed by atoms with van der Waals surface area (Å²) in [6, 6.07) is -0.667. The van der Waals surface area contributed by atoms with Crippen LogP contribution in [-0.2, 0) is 14.3 Å². The predicted molar refractivity (Wildman–Crippen MR) is 73.0 cm³/mol. The van der Waals surface area contributed by atoms with Crippen molar-refractivity contribution in [3.8, 4) is 0 Å². The zero-order valence-corrected chi connectivity index (χ0v) is 12.8. The Morgan fingerprint density at radius 2 is 1.84 bits per heavy atom. The molecule has 0 aromatic rings. The molecule has 0 bridgehead atoms. The second-order valence-electron chi connectivity index (χ2n) is 5.67. The van der Waals surface area contributed by atoms with Crippen molar-refractivity contribution in [1.29, 1.82) is 0 Å². The Kier molecular flexibility index (Phi) is 7.44. The van der Waals surface area contributed by atoms with E-state index in [1.165, 1.54) is 7.11 Å². The van der Waals surface area contributed by atoms with Crippen LogP contribution in [0.25, 0.3) is 0 Å². The molecule has 6 nitrogen and oxygen atoms in total. The van der Waals surface area contributed by atoms with Gasteiger partial charge in [-0.25, -0.2) is 9.59 Å². The Morgan fingerprint density at radius 3 is 2.26 bits per heavy atom. The monoisotopic (exact) mass is 274 g/mol. The van der Waals surface area contributed by atoms with E-state index in [0.717, 1.165) is 13.0 Å². The molecule has 0 aliphatic rings. The molecule has 1 amide bonds. The molecule has 0 fully saturated rings. The van der Waals surface area contributed by atoms with E-state index in [-0.39, 0.29) is 0 Å². The highest BCUT2D eigenvalue weighted by atomic mass is 16.6. The summed E-state index contributed by atoms with van der Waals surface area (Å²) < 4.78 is 9.80. The third-order valence-corrected chi connectivity index (χ3v) is 2.27. The summed E-state index contributed by atoms with van der Waals surface area (Å²) in [5, 5.41) is 2.54. The Hall–Kier alpha value is -1.30. The molecular formula is C13H26N2O4. The van der Waals surface area contributed by atoms with Gasteiger partial charge in [-0.2, -0.15) is 0 Å². The lowest BCUT2D eigenvalue weighted by atomic mass is 10.1. The van der Waals surface area contributed by atoms with Crippen molar-refractivity contribution in [2.45, 2.75) is 45.3 Å². The van der Waals surface area contributed by atoms with Gasteiger partial charge in [-0.15, -0.1) is 0 Å². The van der Waals surface area contributed by atoms with Gasteiger partial charge in [0.1, 0.15) is 11.6 Å². The molecule has 0 aliphatic carbocycles. The van der Waals surface area contributed by atoms with Crippen molar-refractivity contribution < 1.29 is 19.1 Å². The van der Waals surface area contributed by atoms with Crippen molar-refractivity contribution in [1.82, 2.24) is 10.2 Å². The van der Waals surface area contributed by atoms with Gasteiger partial charge in [-0.1, -0.05) is 0 Å². The lowest BCUT2D eigenvalue weighted by molar-refractivity contribution is -0.143. The number of nitrogens with zero attached hydrogens (tertiary/aromatic N) is 1. The number of hydrogen-bond donors (Lipinski definition) is 1. The lowest BCUT2D eigenvalue weighted by Gasteiger charge is -2.22. The first-order chi connectivity index (χ1) is 8.65. The number of rotatable bonds is 6. The number of ether oxygens (including phenoxy) is 2. The molecule has 0 aliphatic heterocycles. The molecule has 6 heteroatoms. The molecule has 0 saturated carbocycles. The Bertz CT molecular complexity index is 298. The Balaban J connectivity index is 4.35. The second kappa shape index (κ2) is 7.99. The number of hydrogen-bond acceptors (Lipinski definition) is 5. The zero-order chi connectivity index (χ0) is 15.1. The third kappa shape index (κ3) is 9.30. The fraction of sp³-hybridized carbons (Fsp3) is 0.846. The average Bonchev–Trinajstić information content (AvgIpc) is 2.23. The molecule has 0 aromatic heterocycles. The van der Waals surface area contributed by atoms with Crippen molar-refractivity contribution in [2.24, 2.45) is 0 Å². The van der Waals surface area contributed by atoms with Gasteiger partial charge in [0.05, 0.1) is 7.11 Å². The number of nitrogens with one attached hydrogen (secondary N) is 1. The fourth-order valence-corrected chi connectivity index (χ4v) is 1.45. The van der Waals surface area contributed by atoms with E-state index in [1.807, 2.05) is 19.0 Å². The van der Waals surface area contributed by atoms with Crippen LogP contribution in [0.3, 0.4) is 0 Å². The molecule has 0 heterocycles. The molecule has 0 radical (unpaired) electrons. The van der Waals surface area contributed by atoms with E-state index >= 15 is 0 Å². The van der Waals surface area contributed by atoms with Crippen molar-refractivity contribution in [3.63, 3.8) is 0 Å². The standard InChI is InChI=1S/C13H26N2O4/c1-13(2,3)19-12(17)14-10(11(16)18-6)8-7-9-15(4)5/h10H,7-9H2,1-6H3,(H,14,17). The highest BCUT2D eigenvalue weighted by Gasteiger charge is 2.24. The minimum absolute atomic E-state index is 0.454. The molecule has 1 atom stereocenters. The SMILES string of the molecule is COC(=O)C(CCCN(C)C)NC(=O)OC(C)(C)C. The van der Waals surface area contributed by atoms with Crippen LogP contribution in [0, 0.1) is 0 Å². The topological polar surface area (TPSA) is 67.9 Å². The molecule has 1 unspecified atom stereocenters. The van der Waals surface area contributed by atoms with Crippen LogP contribution >= 0.6 is 0 Å². The summed E-state index contributed by atoms with van der Waals surface area (Å²) in [6.45, 7) is 6.15. The quantitative estimate of drug-likeness (QED) is 0.741. The van der Waals surface area contributed by atoms with E-state index in [9.17, 15) is 9.59 Å². The van der Waals surface area contributed by atoms with Crippen LogP contribution in [-0.4, -0.2) is 56.4 Å². The summed E-state index contributed by atoms with van der Waals surface area (Å²) in [4.78, 5) is 25.2. The fourth-order valence-electron chi connectivity index (χ4n) is 1.45. The Labute approximate surface area is 115 Å². The predicted octanol–water partition coefficient (Wildman–Crippen LogP) is 1.39. The van der Waals surface area contributed by atoms with Crippen LogP contribution in [0.15, 0.2) is 0 Å². The maximum Gasteiger partial charge on any atom is 0.408 e. The summed E-state index contributed by atoms with van der Waals surface area (Å²) in [5.74, 6) is -0.454. The van der Waals surface area contributed by atoms with Gasteiger partial charge in [-0.05, 0) is 54.3 Å². The van der Waals surface area contributed by atoms with Crippen LogP contribution in [0.2, 0.25) is 0 Å². The van der Waals surface area contributed by atoms with E-state index in [1.54, 1.807) is 20.8 Å². The summed E-state index contributed by atoms with van der Waals surface area (Å²) in [7, 11) is 5.21. The number of carbonyl (C=O) groups is 2. The smallest absolute Gasteiger partial charge is 0.408 e. The average molecular weight is 274 g/mol. The van der Waals surface area contributed by atoms with Gasteiger partial charge in [0, 0.05) is 0 Å². The van der Waals surface area contributed by atoms with E-state index < -0.39 is 23.7 Å². The number of amides is 1. The largest absolute Gasteiger partial charge is 0.467 e. The first-order valence-corrected chi connectivity index (χ1v) is 6.38. The summed E-state index contributed by atoms with van der Waals surface area (Å²) in [6.07, 6.45) is 0.694. The van der Waals surface area contributed by atoms with Crippen molar-refractivity contribution >= 4 is 12.1 Å². The number of carbonyl (C=O) groups excluding carboxylic acids is 2. The number of alkyl carbamates (subject to hydrolysis) is 1. The number of esters is 1. The highest BCUT2D eigenvalue weighted by Crippen LogP contribution is 2.08.